The lowest BCUT2D eigenvalue weighted by Crippen LogP contribution is -2.04. The van der Waals surface area contributed by atoms with Gasteiger partial charge in [-0.05, 0) is 30.6 Å². The Hall–Kier alpha value is -1.16. The fraction of sp³-hybridized carbons (Fsp3) is 0.250. The molecule has 0 spiro atoms. The summed E-state index contributed by atoms with van der Waals surface area (Å²) in [5.41, 5.74) is 1.02. The van der Waals surface area contributed by atoms with Gasteiger partial charge in [0.15, 0.2) is 0 Å². The van der Waals surface area contributed by atoms with Crippen LogP contribution in [0, 0.1) is 0 Å². The van der Waals surface area contributed by atoms with Gasteiger partial charge in [0.2, 0.25) is 0 Å². The predicted octanol–water partition coefficient (Wildman–Crippen LogP) is 1.95. The van der Waals surface area contributed by atoms with Crippen LogP contribution in [0.5, 0.6) is 0 Å². The zero-order valence-electron chi connectivity index (χ0n) is 6.71. The Morgan fingerprint density at radius 3 is 2.75 bits per heavy atom. The Labute approximate surface area is 74.8 Å². The van der Waals surface area contributed by atoms with Gasteiger partial charge in [0.25, 0.3) is 0 Å². The van der Waals surface area contributed by atoms with Gasteiger partial charge < -0.3 is 4.57 Å². The second kappa shape index (κ2) is 3.06. The number of aromatic nitrogens is 3. The normalized spacial score (nSPS) is 13.1. The van der Waals surface area contributed by atoms with Gasteiger partial charge in [-0.3, -0.25) is 0 Å². The first-order valence-corrected chi connectivity index (χ1v) is 4.61. The molecule has 2 rings (SSSR count). The van der Waals surface area contributed by atoms with Crippen LogP contribution >= 0.6 is 11.5 Å². The molecule has 0 aromatic carbocycles. The first-order chi connectivity index (χ1) is 5.88. The summed E-state index contributed by atoms with van der Waals surface area (Å²) in [5.74, 6) is 0. The van der Waals surface area contributed by atoms with Crippen molar-refractivity contribution in [2.75, 3.05) is 0 Å². The first kappa shape index (κ1) is 7.49. The highest BCUT2D eigenvalue weighted by atomic mass is 32.1. The molecule has 2 aromatic heterocycles. The summed E-state index contributed by atoms with van der Waals surface area (Å²) in [6.07, 6.45) is 4.06. The Bertz CT molecular complexity index is 291. The van der Waals surface area contributed by atoms with Crippen molar-refractivity contribution in [3.8, 4) is 0 Å². The van der Waals surface area contributed by atoms with Gasteiger partial charge in [0.05, 0.1) is 11.7 Å². The smallest absolute Gasteiger partial charge is 0.0980 e. The summed E-state index contributed by atoms with van der Waals surface area (Å²) in [6.45, 7) is 2.11. The van der Waals surface area contributed by atoms with E-state index in [-0.39, 0.29) is 0 Å². The van der Waals surface area contributed by atoms with Crippen LogP contribution in [0.15, 0.2) is 29.9 Å². The SMILES string of the molecule is CC(c1csnn1)n1cccc1. The van der Waals surface area contributed by atoms with Crippen LogP contribution in [-0.4, -0.2) is 14.2 Å². The number of rotatable bonds is 2. The minimum absolute atomic E-state index is 0.291. The predicted molar refractivity (Wildman–Crippen MR) is 48.2 cm³/mol. The average Bonchev–Trinajstić information content (AvgIpc) is 2.77. The molecule has 62 valence electrons. The molecule has 0 saturated heterocycles. The van der Waals surface area contributed by atoms with Crippen LogP contribution < -0.4 is 0 Å². The standard InChI is InChI=1S/C8H9N3S/c1-7(8-6-12-10-9-8)11-4-2-3-5-11/h2-7H,1H3. The van der Waals surface area contributed by atoms with Gasteiger partial charge in [-0.1, -0.05) is 4.49 Å². The monoisotopic (exact) mass is 179 g/mol. The number of hydrogen-bond acceptors (Lipinski definition) is 3. The second-order valence-electron chi connectivity index (χ2n) is 2.64. The molecule has 2 heterocycles. The number of hydrogen-bond donors (Lipinski definition) is 0. The summed E-state index contributed by atoms with van der Waals surface area (Å²) >= 11 is 1.39. The highest BCUT2D eigenvalue weighted by molar-refractivity contribution is 7.03. The molecule has 0 radical (unpaired) electrons. The largest absolute Gasteiger partial charge is 0.346 e. The maximum Gasteiger partial charge on any atom is 0.0980 e. The molecule has 12 heavy (non-hydrogen) atoms. The van der Waals surface area contributed by atoms with E-state index < -0.39 is 0 Å². The minimum atomic E-state index is 0.291. The van der Waals surface area contributed by atoms with Crippen molar-refractivity contribution in [1.82, 2.24) is 14.2 Å². The van der Waals surface area contributed by atoms with E-state index in [0.717, 1.165) is 5.69 Å². The first-order valence-electron chi connectivity index (χ1n) is 3.77. The highest BCUT2D eigenvalue weighted by Crippen LogP contribution is 2.15. The van der Waals surface area contributed by atoms with E-state index in [1.54, 1.807) is 0 Å². The lowest BCUT2D eigenvalue weighted by molar-refractivity contribution is 0.622. The second-order valence-corrected chi connectivity index (χ2v) is 3.25. The van der Waals surface area contributed by atoms with Gasteiger partial charge >= 0.3 is 0 Å². The van der Waals surface area contributed by atoms with E-state index in [1.165, 1.54) is 11.5 Å². The molecule has 0 bridgehead atoms. The summed E-state index contributed by atoms with van der Waals surface area (Å²) in [6, 6.07) is 4.31. The molecule has 0 fully saturated rings. The summed E-state index contributed by atoms with van der Waals surface area (Å²) < 4.78 is 5.94. The van der Waals surface area contributed by atoms with E-state index in [0.29, 0.717) is 6.04 Å². The van der Waals surface area contributed by atoms with Gasteiger partial charge in [-0.2, -0.15) is 0 Å². The molecule has 2 aromatic rings. The van der Waals surface area contributed by atoms with Crippen molar-refractivity contribution >= 4 is 11.5 Å². The molecule has 0 N–H and O–H groups in total. The molecule has 3 nitrogen and oxygen atoms in total. The fourth-order valence-electron chi connectivity index (χ4n) is 1.11. The molecule has 4 heteroatoms. The highest BCUT2D eigenvalue weighted by Gasteiger charge is 2.08. The fourth-order valence-corrected chi connectivity index (χ4v) is 1.65. The molecule has 1 unspecified atom stereocenters. The van der Waals surface area contributed by atoms with Gasteiger partial charge in [-0.15, -0.1) is 5.10 Å². The van der Waals surface area contributed by atoms with Crippen molar-refractivity contribution in [1.29, 1.82) is 0 Å². The van der Waals surface area contributed by atoms with Crippen LogP contribution in [0.2, 0.25) is 0 Å². The van der Waals surface area contributed by atoms with Crippen LogP contribution in [0.3, 0.4) is 0 Å². The van der Waals surface area contributed by atoms with Crippen LogP contribution in [0.4, 0.5) is 0 Å². The van der Waals surface area contributed by atoms with Crippen molar-refractivity contribution in [2.45, 2.75) is 13.0 Å². The molecular formula is C8H9N3S. The molecular weight excluding hydrogens is 170 g/mol. The Balaban J connectivity index is 2.27. The topological polar surface area (TPSA) is 30.7 Å². The minimum Gasteiger partial charge on any atom is -0.346 e. The maximum absolute atomic E-state index is 4.02. The lowest BCUT2D eigenvalue weighted by Gasteiger charge is -2.08. The zero-order chi connectivity index (χ0) is 8.39. The molecule has 0 amide bonds. The van der Waals surface area contributed by atoms with E-state index in [1.807, 2.05) is 29.9 Å². The molecule has 0 aliphatic heterocycles. The molecule has 0 saturated carbocycles. The molecule has 0 aliphatic carbocycles. The summed E-state index contributed by atoms with van der Waals surface area (Å²) in [4.78, 5) is 0. The molecule has 0 aliphatic rings. The van der Waals surface area contributed by atoms with Crippen LogP contribution in [-0.2, 0) is 0 Å². The zero-order valence-corrected chi connectivity index (χ0v) is 7.53. The third-order valence-electron chi connectivity index (χ3n) is 1.88. The van der Waals surface area contributed by atoms with E-state index in [2.05, 4.69) is 21.1 Å². The van der Waals surface area contributed by atoms with Crippen LogP contribution in [0.1, 0.15) is 18.7 Å². The van der Waals surface area contributed by atoms with Crippen molar-refractivity contribution in [2.24, 2.45) is 0 Å². The Morgan fingerprint density at radius 2 is 2.17 bits per heavy atom. The lowest BCUT2D eigenvalue weighted by atomic mass is 10.3. The van der Waals surface area contributed by atoms with Crippen LogP contribution in [0.25, 0.3) is 0 Å². The quantitative estimate of drug-likeness (QED) is 0.705. The van der Waals surface area contributed by atoms with E-state index >= 15 is 0 Å². The summed E-state index contributed by atoms with van der Waals surface area (Å²) in [5, 5.41) is 6.00. The average molecular weight is 179 g/mol. The summed E-state index contributed by atoms with van der Waals surface area (Å²) in [7, 11) is 0. The maximum atomic E-state index is 4.02. The Morgan fingerprint density at radius 1 is 1.42 bits per heavy atom. The van der Waals surface area contributed by atoms with E-state index in [9.17, 15) is 0 Å². The van der Waals surface area contributed by atoms with Crippen molar-refractivity contribution < 1.29 is 0 Å². The third-order valence-corrected chi connectivity index (χ3v) is 2.40. The van der Waals surface area contributed by atoms with E-state index in [4.69, 9.17) is 0 Å². The Kier molecular flexibility index (Phi) is 1.91. The van der Waals surface area contributed by atoms with Gasteiger partial charge in [-0.25, -0.2) is 0 Å². The third kappa shape index (κ3) is 1.25. The van der Waals surface area contributed by atoms with Gasteiger partial charge in [0, 0.05) is 17.8 Å². The number of nitrogens with zero attached hydrogens (tertiary/aromatic N) is 3. The molecule has 1 atom stereocenters. The van der Waals surface area contributed by atoms with Crippen molar-refractivity contribution in [3.05, 3.63) is 35.6 Å². The van der Waals surface area contributed by atoms with Gasteiger partial charge in [0.1, 0.15) is 0 Å². The van der Waals surface area contributed by atoms with Crippen molar-refractivity contribution in [3.63, 3.8) is 0 Å².